The fraction of sp³-hybridized carbons (Fsp3) is 0.500. The standard InChI is InChI=1S/C24H34N2O4/c1-17(18-10-11-20-16-21(29-6)13-12-19(20)15-18)23(27)30-24(28)22(26(4)5)9-7-8-14-25(2)3/h10-13,15-17,22H,7-9,14H2,1-6H3/p+2/t17-,22?/m0/s1. The molecule has 6 nitrogen and oxygen atoms in total. The number of unbranched alkanes of at least 4 members (excludes halogenated alkanes) is 1. The highest BCUT2D eigenvalue weighted by molar-refractivity contribution is 5.92. The van der Waals surface area contributed by atoms with Crippen LogP contribution in [0.15, 0.2) is 36.4 Å². The molecule has 0 bridgehead atoms. The van der Waals surface area contributed by atoms with Crippen molar-refractivity contribution in [2.75, 3.05) is 41.8 Å². The van der Waals surface area contributed by atoms with Crippen LogP contribution in [0.1, 0.15) is 37.7 Å². The van der Waals surface area contributed by atoms with Crippen LogP contribution in [0.5, 0.6) is 5.75 Å². The molecular formula is C24H36N2O4+2. The Bertz CT molecular complexity index is 863. The predicted octanol–water partition coefficient (Wildman–Crippen LogP) is 0.850. The minimum atomic E-state index is -0.518. The van der Waals surface area contributed by atoms with Crippen molar-refractivity contribution in [1.82, 2.24) is 0 Å². The quantitative estimate of drug-likeness (QED) is 0.343. The highest BCUT2D eigenvalue weighted by atomic mass is 16.6. The summed E-state index contributed by atoms with van der Waals surface area (Å²) < 4.78 is 10.5. The zero-order valence-corrected chi connectivity index (χ0v) is 19.1. The number of carbonyl (C=O) groups is 2. The zero-order valence-electron chi connectivity index (χ0n) is 19.1. The maximum Gasteiger partial charge on any atom is 0.372 e. The fourth-order valence-electron chi connectivity index (χ4n) is 3.50. The third-order valence-corrected chi connectivity index (χ3v) is 5.53. The van der Waals surface area contributed by atoms with Gasteiger partial charge in [0, 0.05) is 6.42 Å². The van der Waals surface area contributed by atoms with Gasteiger partial charge in [-0.15, -0.1) is 0 Å². The second kappa shape index (κ2) is 11.1. The Balaban J connectivity index is 2.02. The van der Waals surface area contributed by atoms with E-state index in [2.05, 4.69) is 14.1 Å². The number of esters is 2. The molecule has 0 radical (unpaired) electrons. The molecule has 2 atom stereocenters. The summed E-state index contributed by atoms with van der Waals surface area (Å²) in [6.07, 6.45) is 2.70. The highest BCUT2D eigenvalue weighted by Gasteiger charge is 2.30. The molecule has 2 N–H and O–H groups in total. The second-order valence-electron chi connectivity index (χ2n) is 8.52. The highest BCUT2D eigenvalue weighted by Crippen LogP contribution is 2.25. The molecular weight excluding hydrogens is 380 g/mol. The SMILES string of the molecule is COc1ccc2cc([C@H](C)C(=O)OC(=O)C(CCCC[NH+](C)C)[NH+](C)C)ccc2c1. The van der Waals surface area contributed by atoms with Gasteiger partial charge in [-0.05, 0) is 48.2 Å². The van der Waals surface area contributed by atoms with Crippen LogP contribution in [0.25, 0.3) is 10.8 Å². The number of hydrogen-bond donors (Lipinski definition) is 2. The lowest BCUT2D eigenvalue weighted by molar-refractivity contribution is -0.877. The number of benzene rings is 2. The van der Waals surface area contributed by atoms with E-state index < -0.39 is 17.9 Å². The van der Waals surface area contributed by atoms with Gasteiger partial charge in [-0.25, -0.2) is 4.79 Å². The molecule has 6 heteroatoms. The first-order chi connectivity index (χ1) is 14.2. The van der Waals surface area contributed by atoms with Gasteiger partial charge in [0.15, 0.2) is 6.04 Å². The molecule has 164 valence electrons. The monoisotopic (exact) mass is 416 g/mol. The lowest BCUT2D eigenvalue weighted by atomic mass is 9.97. The average Bonchev–Trinajstić information content (AvgIpc) is 2.71. The molecule has 0 saturated carbocycles. The summed E-state index contributed by atoms with van der Waals surface area (Å²) in [6.45, 7) is 2.84. The van der Waals surface area contributed by atoms with Gasteiger partial charge >= 0.3 is 11.9 Å². The average molecular weight is 417 g/mol. The van der Waals surface area contributed by atoms with E-state index in [4.69, 9.17) is 9.47 Å². The smallest absolute Gasteiger partial charge is 0.372 e. The number of quaternary nitrogens is 2. The molecule has 0 aromatic heterocycles. The molecule has 30 heavy (non-hydrogen) atoms. The summed E-state index contributed by atoms with van der Waals surface area (Å²) in [5.74, 6) is -0.667. The number of hydrogen-bond acceptors (Lipinski definition) is 4. The Labute approximate surface area is 179 Å². The first kappa shape index (κ1) is 23.8. The van der Waals surface area contributed by atoms with Gasteiger partial charge in [0.05, 0.1) is 47.8 Å². The number of rotatable bonds is 10. The largest absolute Gasteiger partial charge is 0.497 e. The van der Waals surface area contributed by atoms with Crippen molar-refractivity contribution in [3.8, 4) is 5.75 Å². The van der Waals surface area contributed by atoms with Crippen LogP contribution in [0.2, 0.25) is 0 Å². The van der Waals surface area contributed by atoms with Crippen molar-refractivity contribution in [3.63, 3.8) is 0 Å². The Hall–Kier alpha value is -2.44. The Morgan fingerprint density at radius 1 is 0.933 bits per heavy atom. The fourth-order valence-corrected chi connectivity index (χ4v) is 3.50. The van der Waals surface area contributed by atoms with Gasteiger partial charge in [-0.3, -0.25) is 4.79 Å². The number of ether oxygens (including phenoxy) is 2. The Morgan fingerprint density at radius 3 is 2.23 bits per heavy atom. The van der Waals surface area contributed by atoms with Crippen molar-refractivity contribution in [2.45, 2.75) is 38.1 Å². The number of carbonyl (C=O) groups excluding carboxylic acids is 2. The minimum Gasteiger partial charge on any atom is -0.497 e. The first-order valence-corrected chi connectivity index (χ1v) is 10.6. The minimum absolute atomic E-state index is 0.331. The Kier molecular flexibility index (Phi) is 8.81. The van der Waals surface area contributed by atoms with E-state index in [0.717, 1.165) is 46.4 Å². The van der Waals surface area contributed by atoms with Crippen molar-refractivity contribution < 1.29 is 28.9 Å². The van der Waals surface area contributed by atoms with Crippen LogP contribution < -0.4 is 14.5 Å². The van der Waals surface area contributed by atoms with Crippen LogP contribution in [0.4, 0.5) is 0 Å². The molecule has 0 aliphatic heterocycles. The lowest BCUT2D eigenvalue weighted by Crippen LogP contribution is -3.11. The molecule has 0 spiro atoms. The molecule has 1 unspecified atom stereocenters. The van der Waals surface area contributed by atoms with Crippen LogP contribution >= 0.6 is 0 Å². The van der Waals surface area contributed by atoms with Crippen LogP contribution in [0.3, 0.4) is 0 Å². The third kappa shape index (κ3) is 6.54. The third-order valence-electron chi connectivity index (χ3n) is 5.53. The van der Waals surface area contributed by atoms with E-state index in [1.165, 1.54) is 4.90 Å². The molecule has 0 aliphatic carbocycles. The summed E-state index contributed by atoms with van der Waals surface area (Å²) in [7, 11) is 9.72. The van der Waals surface area contributed by atoms with Gasteiger partial charge in [-0.2, -0.15) is 0 Å². The van der Waals surface area contributed by atoms with Crippen LogP contribution in [-0.2, 0) is 14.3 Å². The normalized spacial score (nSPS) is 13.5. The van der Waals surface area contributed by atoms with Gasteiger partial charge in [0.2, 0.25) is 0 Å². The summed E-state index contributed by atoms with van der Waals surface area (Å²) in [6, 6.07) is 11.3. The topological polar surface area (TPSA) is 61.5 Å². The summed E-state index contributed by atoms with van der Waals surface area (Å²) in [5.41, 5.74) is 0.827. The van der Waals surface area contributed by atoms with E-state index >= 15 is 0 Å². The van der Waals surface area contributed by atoms with Crippen LogP contribution in [0, 0.1) is 0 Å². The summed E-state index contributed by atoms with van der Waals surface area (Å²) in [5, 5.41) is 2.04. The molecule has 0 saturated heterocycles. The number of likely N-dealkylation sites (N-methyl/N-ethyl adjacent to an activating group) is 1. The first-order valence-electron chi connectivity index (χ1n) is 10.6. The van der Waals surface area contributed by atoms with Crippen LogP contribution in [-0.4, -0.2) is 59.8 Å². The zero-order chi connectivity index (χ0) is 22.3. The molecule has 0 heterocycles. The van der Waals surface area contributed by atoms with Gasteiger partial charge in [0.25, 0.3) is 0 Å². The van der Waals surface area contributed by atoms with Gasteiger partial charge < -0.3 is 19.3 Å². The molecule has 2 aromatic rings. The van der Waals surface area contributed by atoms with E-state index in [9.17, 15) is 9.59 Å². The summed E-state index contributed by atoms with van der Waals surface area (Å²) >= 11 is 0. The molecule has 0 aliphatic rings. The van der Waals surface area contributed by atoms with E-state index in [1.807, 2.05) is 50.5 Å². The molecule has 0 amide bonds. The lowest BCUT2D eigenvalue weighted by Gasteiger charge is -2.20. The maximum absolute atomic E-state index is 12.7. The van der Waals surface area contributed by atoms with Crippen molar-refractivity contribution in [2.24, 2.45) is 0 Å². The molecule has 0 fully saturated rings. The van der Waals surface area contributed by atoms with Gasteiger partial charge in [-0.1, -0.05) is 24.3 Å². The van der Waals surface area contributed by atoms with Gasteiger partial charge in [0.1, 0.15) is 5.75 Å². The molecule has 2 rings (SSSR count). The van der Waals surface area contributed by atoms with Crippen molar-refractivity contribution in [3.05, 3.63) is 42.0 Å². The second-order valence-corrected chi connectivity index (χ2v) is 8.52. The maximum atomic E-state index is 12.7. The number of nitrogens with one attached hydrogen (secondary N) is 2. The van der Waals surface area contributed by atoms with Crippen molar-refractivity contribution >= 4 is 22.7 Å². The van der Waals surface area contributed by atoms with Crippen molar-refractivity contribution in [1.29, 1.82) is 0 Å². The number of methoxy groups -OCH3 is 1. The van der Waals surface area contributed by atoms with E-state index in [0.29, 0.717) is 6.42 Å². The van der Waals surface area contributed by atoms with E-state index in [-0.39, 0.29) is 6.04 Å². The summed E-state index contributed by atoms with van der Waals surface area (Å²) in [4.78, 5) is 27.7. The Morgan fingerprint density at radius 2 is 1.60 bits per heavy atom. The molecule has 2 aromatic carbocycles. The number of fused-ring (bicyclic) bond motifs is 1. The predicted molar refractivity (Wildman–Crippen MR) is 118 cm³/mol. The van der Waals surface area contributed by atoms with E-state index in [1.54, 1.807) is 14.0 Å².